The molecule has 2 nitrogen and oxygen atoms in total. The van der Waals surface area contributed by atoms with Crippen LogP contribution in [-0.4, -0.2) is 24.8 Å². The monoisotopic (exact) mass is 197 g/mol. The molecule has 3 unspecified atom stereocenters. The summed E-state index contributed by atoms with van der Waals surface area (Å²) in [5, 5.41) is 3.49. The van der Waals surface area contributed by atoms with Gasteiger partial charge in [-0.25, -0.2) is 0 Å². The molecule has 1 rings (SSSR count). The van der Waals surface area contributed by atoms with Crippen LogP contribution in [0.5, 0.6) is 0 Å². The number of hydrogen-bond donors (Lipinski definition) is 1. The first kappa shape index (κ1) is 11.7. The Morgan fingerprint density at radius 1 is 1.57 bits per heavy atom. The summed E-state index contributed by atoms with van der Waals surface area (Å²) in [7, 11) is 0. The van der Waals surface area contributed by atoms with Gasteiger partial charge in [-0.05, 0) is 39.7 Å². The van der Waals surface area contributed by atoms with E-state index in [0.717, 1.165) is 13.0 Å². The lowest BCUT2D eigenvalue weighted by atomic mass is 10.0. The van der Waals surface area contributed by atoms with Gasteiger partial charge in [-0.3, -0.25) is 0 Å². The summed E-state index contributed by atoms with van der Waals surface area (Å²) >= 11 is 0. The molecule has 0 radical (unpaired) electrons. The summed E-state index contributed by atoms with van der Waals surface area (Å²) in [6, 6.07) is 0.461. The van der Waals surface area contributed by atoms with Crippen LogP contribution in [0.1, 0.15) is 40.0 Å². The maximum absolute atomic E-state index is 5.87. The highest BCUT2D eigenvalue weighted by Gasteiger charge is 2.28. The standard InChI is InChI=1S/C12H23NO/c1-5-13-11(8-9(2)3)12-7-6-10(4)14-12/h10-13H,2,5-8H2,1,3-4H3. The van der Waals surface area contributed by atoms with Crippen LogP contribution in [-0.2, 0) is 4.74 Å². The Morgan fingerprint density at radius 2 is 2.29 bits per heavy atom. The van der Waals surface area contributed by atoms with Crippen molar-refractivity contribution in [2.45, 2.75) is 58.3 Å². The third-order valence-corrected chi connectivity index (χ3v) is 2.75. The molecule has 14 heavy (non-hydrogen) atoms. The molecule has 0 aromatic heterocycles. The maximum atomic E-state index is 5.87. The minimum absolute atomic E-state index is 0.390. The summed E-state index contributed by atoms with van der Waals surface area (Å²) < 4.78 is 5.87. The molecule has 1 saturated heterocycles. The molecule has 0 aromatic rings. The number of hydrogen-bond acceptors (Lipinski definition) is 2. The molecule has 82 valence electrons. The van der Waals surface area contributed by atoms with E-state index in [9.17, 15) is 0 Å². The zero-order valence-corrected chi connectivity index (χ0v) is 9.68. The normalized spacial score (nSPS) is 29.1. The second-order valence-electron chi connectivity index (χ2n) is 4.39. The van der Waals surface area contributed by atoms with E-state index in [-0.39, 0.29) is 0 Å². The predicted octanol–water partition coefficient (Wildman–Crippen LogP) is 2.50. The number of rotatable bonds is 5. The minimum Gasteiger partial charge on any atom is -0.374 e. The first-order valence-corrected chi connectivity index (χ1v) is 5.66. The van der Waals surface area contributed by atoms with E-state index in [1.165, 1.54) is 18.4 Å². The highest BCUT2D eigenvalue weighted by molar-refractivity contribution is 4.96. The first-order chi connectivity index (χ1) is 6.63. The van der Waals surface area contributed by atoms with Crippen molar-refractivity contribution in [2.24, 2.45) is 0 Å². The Morgan fingerprint density at radius 3 is 2.71 bits per heavy atom. The van der Waals surface area contributed by atoms with E-state index < -0.39 is 0 Å². The van der Waals surface area contributed by atoms with Crippen molar-refractivity contribution >= 4 is 0 Å². The van der Waals surface area contributed by atoms with E-state index >= 15 is 0 Å². The number of ether oxygens (including phenoxy) is 1. The van der Waals surface area contributed by atoms with Gasteiger partial charge >= 0.3 is 0 Å². The fourth-order valence-electron chi connectivity index (χ4n) is 2.10. The Labute approximate surface area is 87.7 Å². The van der Waals surface area contributed by atoms with Crippen LogP contribution < -0.4 is 5.32 Å². The molecule has 0 aliphatic carbocycles. The summed E-state index contributed by atoms with van der Waals surface area (Å²) in [4.78, 5) is 0. The summed E-state index contributed by atoms with van der Waals surface area (Å²) in [6.07, 6.45) is 4.24. The lowest BCUT2D eigenvalue weighted by molar-refractivity contribution is 0.0324. The van der Waals surface area contributed by atoms with Crippen molar-refractivity contribution in [3.05, 3.63) is 12.2 Å². The second-order valence-corrected chi connectivity index (χ2v) is 4.39. The molecular weight excluding hydrogens is 174 g/mol. The van der Waals surface area contributed by atoms with Crippen LogP contribution in [0.4, 0.5) is 0 Å². The summed E-state index contributed by atoms with van der Waals surface area (Å²) in [5.74, 6) is 0. The van der Waals surface area contributed by atoms with Crippen molar-refractivity contribution in [1.29, 1.82) is 0 Å². The van der Waals surface area contributed by atoms with Crippen molar-refractivity contribution in [1.82, 2.24) is 5.32 Å². The number of likely N-dealkylation sites (N-methyl/N-ethyl adjacent to an activating group) is 1. The summed E-state index contributed by atoms with van der Waals surface area (Å²) in [6.45, 7) is 11.4. The largest absolute Gasteiger partial charge is 0.374 e. The average Bonchev–Trinajstić information content (AvgIpc) is 2.50. The topological polar surface area (TPSA) is 21.3 Å². The summed E-state index contributed by atoms with van der Waals surface area (Å²) in [5.41, 5.74) is 1.24. The lowest BCUT2D eigenvalue weighted by Gasteiger charge is -2.24. The molecule has 1 N–H and O–H groups in total. The third-order valence-electron chi connectivity index (χ3n) is 2.75. The molecule has 0 saturated carbocycles. The van der Waals surface area contributed by atoms with Gasteiger partial charge in [-0.1, -0.05) is 12.5 Å². The van der Waals surface area contributed by atoms with Gasteiger partial charge in [0.1, 0.15) is 0 Å². The first-order valence-electron chi connectivity index (χ1n) is 5.66. The van der Waals surface area contributed by atoms with Gasteiger partial charge in [0.25, 0.3) is 0 Å². The molecule has 1 fully saturated rings. The van der Waals surface area contributed by atoms with E-state index in [1.54, 1.807) is 0 Å². The van der Waals surface area contributed by atoms with E-state index in [2.05, 4.69) is 32.7 Å². The highest BCUT2D eigenvalue weighted by atomic mass is 16.5. The molecule has 3 atom stereocenters. The SMILES string of the molecule is C=C(C)CC(NCC)C1CCC(C)O1. The maximum Gasteiger partial charge on any atom is 0.0735 e. The number of nitrogens with one attached hydrogen (secondary N) is 1. The van der Waals surface area contributed by atoms with Gasteiger partial charge in [0.05, 0.1) is 12.2 Å². The van der Waals surface area contributed by atoms with Crippen LogP contribution in [0.25, 0.3) is 0 Å². The third kappa shape index (κ3) is 3.43. The Hall–Kier alpha value is -0.340. The van der Waals surface area contributed by atoms with Gasteiger partial charge in [-0.2, -0.15) is 0 Å². The minimum atomic E-state index is 0.390. The van der Waals surface area contributed by atoms with Crippen molar-refractivity contribution in [3.63, 3.8) is 0 Å². The van der Waals surface area contributed by atoms with Crippen molar-refractivity contribution in [2.75, 3.05) is 6.54 Å². The molecule has 0 amide bonds. The van der Waals surface area contributed by atoms with Crippen LogP contribution in [0.15, 0.2) is 12.2 Å². The molecule has 1 aliphatic rings. The highest BCUT2D eigenvalue weighted by Crippen LogP contribution is 2.24. The van der Waals surface area contributed by atoms with Gasteiger partial charge in [0, 0.05) is 6.04 Å². The van der Waals surface area contributed by atoms with E-state index in [0.29, 0.717) is 18.2 Å². The van der Waals surface area contributed by atoms with Crippen LogP contribution in [0, 0.1) is 0 Å². The van der Waals surface area contributed by atoms with E-state index in [4.69, 9.17) is 4.74 Å². The molecule has 0 spiro atoms. The Bertz CT molecular complexity index is 191. The molecule has 1 heterocycles. The zero-order valence-electron chi connectivity index (χ0n) is 9.68. The molecule has 0 bridgehead atoms. The molecule has 0 aromatic carbocycles. The van der Waals surface area contributed by atoms with Crippen molar-refractivity contribution < 1.29 is 4.74 Å². The Kier molecular flexibility index (Phi) is 4.63. The quantitative estimate of drug-likeness (QED) is 0.684. The zero-order chi connectivity index (χ0) is 10.6. The fraction of sp³-hybridized carbons (Fsp3) is 0.833. The van der Waals surface area contributed by atoms with Crippen molar-refractivity contribution in [3.8, 4) is 0 Å². The second kappa shape index (κ2) is 5.52. The van der Waals surface area contributed by atoms with Gasteiger partial charge in [0.15, 0.2) is 0 Å². The average molecular weight is 197 g/mol. The fourth-order valence-corrected chi connectivity index (χ4v) is 2.10. The van der Waals surface area contributed by atoms with Crippen LogP contribution in [0.3, 0.4) is 0 Å². The molecule has 1 aliphatic heterocycles. The van der Waals surface area contributed by atoms with Gasteiger partial charge in [0.2, 0.25) is 0 Å². The predicted molar refractivity (Wildman–Crippen MR) is 60.5 cm³/mol. The van der Waals surface area contributed by atoms with Crippen LogP contribution in [0.2, 0.25) is 0 Å². The van der Waals surface area contributed by atoms with Crippen LogP contribution >= 0.6 is 0 Å². The smallest absolute Gasteiger partial charge is 0.0735 e. The van der Waals surface area contributed by atoms with Gasteiger partial charge < -0.3 is 10.1 Å². The molecule has 2 heteroatoms. The lowest BCUT2D eigenvalue weighted by Crippen LogP contribution is -2.39. The van der Waals surface area contributed by atoms with E-state index in [1.807, 2.05) is 0 Å². The Balaban J connectivity index is 2.44. The van der Waals surface area contributed by atoms with Gasteiger partial charge in [-0.15, -0.1) is 6.58 Å². The molecular formula is C12H23NO.